The summed E-state index contributed by atoms with van der Waals surface area (Å²) in [6.07, 6.45) is 3.08. The summed E-state index contributed by atoms with van der Waals surface area (Å²) in [6, 6.07) is 3.22. The predicted octanol–water partition coefficient (Wildman–Crippen LogP) is 5.23. The topological polar surface area (TPSA) is 40.7 Å². The van der Waals surface area contributed by atoms with Crippen molar-refractivity contribution in [2.24, 2.45) is 0 Å². The standard InChI is InChI=1S/C15H18BrClFN3/c1-3-4-5-14-20-13(15(17)21-14)8-19-12-7-11(18)10(16)6-9(12)2/h6-7,19H,3-5,8H2,1-2H3,(H,20,21). The molecule has 1 aromatic heterocycles. The molecule has 0 spiro atoms. The molecule has 3 nitrogen and oxygen atoms in total. The first kappa shape index (κ1) is 16.3. The second-order valence-corrected chi connectivity index (χ2v) is 6.20. The van der Waals surface area contributed by atoms with Crippen molar-refractivity contribution < 1.29 is 4.39 Å². The average molecular weight is 375 g/mol. The highest BCUT2D eigenvalue weighted by Crippen LogP contribution is 2.25. The van der Waals surface area contributed by atoms with Crippen molar-refractivity contribution in [1.82, 2.24) is 9.97 Å². The minimum atomic E-state index is -0.289. The molecule has 0 aliphatic carbocycles. The Kier molecular flexibility index (Phi) is 5.65. The molecule has 0 aliphatic heterocycles. The smallest absolute Gasteiger partial charge is 0.152 e. The van der Waals surface area contributed by atoms with Crippen LogP contribution in [0.5, 0.6) is 0 Å². The molecular formula is C15H18BrClFN3. The Hall–Kier alpha value is -1.07. The maximum Gasteiger partial charge on any atom is 0.152 e. The monoisotopic (exact) mass is 373 g/mol. The van der Waals surface area contributed by atoms with Crippen LogP contribution in [-0.2, 0) is 13.0 Å². The van der Waals surface area contributed by atoms with Crippen molar-refractivity contribution in [2.45, 2.75) is 39.7 Å². The second kappa shape index (κ2) is 7.27. The van der Waals surface area contributed by atoms with E-state index in [4.69, 9.17) is 11.6 Å². The van der Waals surface area contributed by atoms with Gasteiger partial charge in [-0.15, -0.1) is 0 Å². The zero-order valence-electron chi connectivity index (χ0n) is 12.1. The summed E-state index contributed by atoms with van der Waals surface area (Å²) in [7, 11) is 0. The van der Waals surface area contributed by atoms with Crippen LogP contribution >= 0.6 is 27.5 Å². The molecule has 0 aliphatic rings. The molecule has 1 heterocycles. The van der Waals surface area contributed by atoms with Gasteiger partial charge in [-0.1, -0.05) is 24.9 Å². The molecule has 0 bridgehead atoms. The number of halogens is 3. The molecule has 0 unspecified atom stereocenters. The van der Waals surface area contributed by atoms with E-state index in [0.717, 1.165) is 42.0 Å². The van der Waals surface area contributed by atoms with E-state index >= 15 is 0 Å². The van der Waals surface area contributed by atoms with Crippen LogP contribution in [0.3, 0.4) is 0 Å². The van der Waals surface area contributed by atoms with Gasteiger partial charge in [0.15, 0.2) is 5.15 Å². The first-order valence-corrected chi connectivity index (χ1v) is 8.11. The van der Waals surface area contributed by atoms with Crippen molar-refractivity contribution in [3.8, 4) is 0 Å². The van der Waals surface area contributed by atoms with E-state index in [1.165, 1.54) is 6.07 Å². The van der Waals surface area contributed by atoms with E-state index in [0.29, 0.717) is 16.2 Å². The highest BCUT2D eigenvalue weighted by molar-refractivity contribution is 9.10. The number of aromatic amines is 1. The number of hydrogen-bond acceptors (Lipinski definition) is 2. The number of imidazole rings is 1. The minimum Gasteiger partial charge on any atom is -0.379 e. The van der Waals surface area contributed by atoms with E-state index in [2.05, 4.69) is 38.1 Å². The normalized spacial score (nSPS) is 10.9. The Bertz CT molecular complexity index is 628. The summed E-state index contributed by atoms with van der Waals surface area (Å²) in [5.74, 6) is 0.611. The second-order valence-electron chi connectivity index (χ2n) is 4.99. The Morgan fingerprint density at radius 3 is 2.90 bits per heavy atom. The average Bonchev–Trinajstić information content (AvgIpc) is 2.79. The van der Waals surface area contributed by atoms with Gasteiger partial charge in [-0.2, -0.15) is 0 Å². The third-order valence-corrected chi connectivity index (χ3v) is 4.19. The van der Waals surface area contributed by atoms with E-state index in [1.807, 2.05) is 6.92 Å². The Morgan fingerprint density at radius 1 is 1.43 bits per heavy atom. The van der Waals surface area contributed by atoms with Crippen LogP contribution in [-0.4, -0.2) is 9.97 Å². The fourth-order valence-corrected chi connectivity index (χ4v) is 2.71. The lowest BCUT2D eigenvalue weighted by molar-refractivity contribution is 0.621. The van der Waals surface area contributed by atoms with Crippen LogP contribution in [0.2, 0.25) is 5.15 Å². The van der Waals surface area contributed by atoms with Gasteiger partial charge in [-0.05, 0) is 47.0 Å². The summed E-state index contributed by atoms with van der Waals surface area (Å²) in [6.45, 7) is 4.55. The summed E-state index contributed by atoms with van der Waals surface area (Å²) in [4.78, 5) is 7.53. The van der Waals surface area contributed by atoms with Crippen molar-refractivity contribution in [3.63, 3.8) is 0 Å². The number of rotatable bonds is 6. The first-order chi connectivity index (χ1) is 10.0. The van der Waals surface area contributed by atoms with Crippen molar-refractivity contribution in [1.29, 1.82) is 0 Å². The maximum atomic E-state index is 13.6. The lowest BCUT2D eigenvalue weighted by Crippen LogP contribution is -2.03. The van der Waals surface area contributed by atoms with Crippen LogP contribution in [0.25, 0.3) is 0 Å². The number of anilines is 1. The van der Waals surface area contributed by atoms with Gasteiger partial charge in [0.25, 0.3) is 0 Å². The summed E-state index contributed by atoms with van der Waals surface area (Å²) >= 11 is 9.30. The molecule has 0 saturated carbocycles. The van der Waals surface area contributed by atoms with E-state index < -0.39 is 0 Å². The minimum absolute atomic E-state index is 0.289. The van der Waals surface area contributed by atoms with E-state index in [-0.39, 0.29) is 5.82 Å². The molecule has 0 fully saturated rings. The number of H-pyrrole nitrogens is 1. The number of aryl methyl sites for hydroxylation is 2. The number of unbranched alkanes of at least 4 members (excludes halogenated alkanes) is 1. The lowest BCUT2D eigenvalue weighted by atomic mass is 10.2. The van der Waals surface area contributed by atoms with Gasteiger partial charge >= 0.3 is 0 Å². The summed E-state index contributed by atoms with van der Waals surface area (Å²) in [5.41, 5.74) is 2.53. The number of nitrogens with zero attached hydrogens (tertiary/aromatic N) is 1. The quantitative estimate of drug-likeness (QED) is 0.727. The molecule has 114 valence electrons. The molecule has 2 rings (SSSR count). The molecule has 0 atom stereocenters. The van der Waals surface area contributed by atoms with Crippen molar-refractivity contribution >= 4 is 33.2 Å². The molecule has 0 saturated heterocycles. The number of nitrogens with one attached hydrogen (secondary N) is 2. The fourth-order valence-electron chi connectivity index (χ4n) is 2.04. The van der Waals surface area contributed by atoms with Gasteiger partial charge in [-0.3, -0.25) is 0 Å². The molecule has 2 aromatic rings. The third kappa shape index (κ3) is 4.20. The predicted molar refractivity (Wildman–Crippen MR) is 88.4 cm³/mol. The Balaban J connectivity index is 2.06. The van der Waals surface area contributed by atoms with Crippen LogP contribution in [0.1, 0.15) is 36.8 Å². The van der Waals surface area contributed by atoms with E-state index in [9.17, 15) is 4.39 Å². The molecule has 1 aromatic carbocycles. The van der Waals surface area contributed by atoms with Gasteiger partial charge < -0.3 is 10.3 Å². The summed E-state index contributed by atoms with van der Waals surface area (Å²) < 4.78 is 14.0. The third-order valence-electron chi connectivity index (χ3n) is 3.27. The molecule has 21 heavy (non-hydrogen) atoms. The number of benzene rings is 1. The molecule has 0 radical (unpaired) electrons. The van der Waals surface area contributed by atoms with E-state index in [1.54, 1.807) is 6.07 Å². The fraction of sp³-hybridized carbons (Fsp3) is 0.400. The highest BCUT2D eigenvalue weighted by atomic mass is 79.9. The number of aromatic nitrogens is 2. The van der Waals surface area contributed by atoms with Gasteiger partial charge in [0.2, 0.25) is 0 Å². The SMILES string of the molecule is CCCCc1nc(Cl)c(CNc2cc(F)c(Br)cc2C)[nH]1. The summed E-state index contributed by atoms with van der Waals surface area (Å²) in [5, 5.41) is 3.67. The molecule has 0 amide bonds. The van der Waals surface area contributed by atoms with Gasteiger partial charge in [0, 0.05) is 12.1 Å². The van der Waals surface area contributed by atoms with Gasteiger partial charge in [0.1, 0.15) is 11.6 Å². The van der Waals surface area contributed by atoms with Crippen LogP contribution in [0, 0.1) is 12.7 Å². The molecular weight excluding hydrogens is 357 g/mol. The molecule has 6 heteroatoms. The Morgan fingerprint density at radius 2 is 2.19 bits per heavy atom. The van der Waals surface area contributed by atoms with Crippen LogP contribution in [0.4, 0.5) is 10.1 Å². The van der Waals surface area contributed by atoms with Gasteiger partial charge in [-0.25, -0.2) is 9.37 Å². The van der Waals surface area contributed by atoms with Crippen LogP contribution < -0.4 is 5.32 Å². The number of hydrogen-bond donors (Lipinski definition) is 2. The molecule has 2 N–H and O–H groups in total. The lowest BCUT2D eigenvalue weighted by Gasteiger charge is -2.10. The van der Waals surface area contributed by atoms with Crippen molar-refractivity contribution in [3.05, 3.63) is 44.7 Å². The zero-order valence-corrected chi connectivity index (χ0v) is 14.4. The Labute approximate surface area is 137 Å². The maximum absolute atomic E-state index is 13.6. The van der Waals surface area contributed by atoms with Crippen LogP contribution in [0.15, 0.2) is 16.6 Å². The van der Waals surface area contributed by atoms with Crippen molar-refractivity contribution in [2.75, 3.05) is 5.32 Å². The van der Waals surface area contributed by atoms with Gasteiger partial charge in [0.05, 0.1) is 16.7 Å². The zero-order chi connectivity index (χ0) is 15.4. The highest BCUT2D eigenvalue weighted by Gasteiger charge is 2.10. The first-order valence-electron chi connectivity index (χ1n) is 6.94. The largest absolute Gasteiger partial charge is 0.379 e.